The van der Waals surface area contributed by atoms with Crippen LogP contribution in [0.5, 0.6) is 11.5 Å². The fourth-order valence-electron chi connectivity index (χ4n) is 2.98. The van der Waals surface area contributed by atoms with Crippen LogP contribution in [-0.2, 0) is 0 Å². The van der Waals surface area contributed by atoms with E-state index >= 15 is 0 Å². The van der Waals surface area contributed by atoms with Crippen LogP contribution < -0.4 is 9.47 Å². The van der Waals surface area contributed by atoms with E-state index in [4.69, 9.17) is 26.2 Å². The molecule has 3 nitrogen and oxygen atoms in total. The Morgan fingerprint density at radius 3 is 2.56 bits per heavy atom. The molecule has 0 bridgehead atoms. The number of fused-ring (bicyclic) bond motifs is 1. The van der Waals surface area contributed by atoms with Crippen molar-refractivity contribution in [1.29, 1.82) is 0 Å². The highest BCUT2D eigenvalue weighted by Gasteiger charge is 2.32. The van der Waals surface area contributed by atoms with E-state index in [0.717, 1.165) is 11.1 Å². The standard InChI is InChI=1S/C20H26ClFO3/c1-7-24-18-13(12(4)16(22)10-23)8-14-15(11(2)3)9-20(5,6)25-19(14)17(18)21/h8-9,11,23H,7,10H2,1-6H3. The van der Waals surface area contributed by atoms with Crippen molar-refractivity contribution in [3.05, 3.63) is 34.1 Å². The lowest BCUT2D eigenvalue weighted by molar-refractivity contribution is 0.156. The van der Waals surface area contributed by atoms with Gasteiger partial charge in [-0.3, -0.25) is 0 Å². The van der Waals surface area contributed by atoms with Gasteiger partial charge >= 0.3 is 0 Å². The summed E-state index contributed by atoms with van der Waals surface area (Å²) in [5.41, 5.74) is 2.27. The smallest absolute Gasteiger partial charge is 0.150 e. The third-order valence-corrected chi connectivity index (χ3v) is 4.56. The normalized spacial score (nSPS) is 16.8. The van der Waals surface area contributed by atoms with Gasteiger partial charge < -0.3 is 14.6 Å². The first-order valence-electron chi connectivity index (χ1n) is 8.50. The predicted molar refractivity (Wildman–Crippen MR) is 101 cm³/mol. The Bertz CT molecular complexity index is 733. The third-order valence-electron chi connectivity index (χ3n) is 4.22. The van der Waals surface area contributed by atoms with Crippen LogP contribution in [0.25, 0.3) is 11.1 Å². The molecule has 0 unspecified atom stereocenters. The van der Waals surface area contributed by atoms with Gasteiger partial charge in [0.15, 0.2) is 5.75 Å². The van der Waals surface area contributed by atoms with E-state index in [0.29, 0.717) is 34.3 Å². The Morgan fingerprint density at radius 1 is 1.40 bits per heavy atom. The fourth-order valence-corrected chi connectivity index (χ4v) is 3.28. The zero-order valence-corrected chi connectivity index (χ0v) is 16.4. The van der Waals surface area contributed by atoms with Crippen molar-refractivity contribution < 1.29 is 19.0 Å². The molecule has 0 saturated carbocycles. The van der Waals surface area contributed by atoms with Crippen LogP contribution in [0, 0.1) is 5.92 Å². The van der Waals surface area contributed by atoms with Crippen LogP contribution in [0.2, 0.25) is 5.02 Å². The van der Waals surface area contributed by atoms with Gasteiger partial charge in [-0.1, -0.05) is 25.4 Å². The highest BCUT2D eigenvalue weighted by molar-refractivity contribution is 6.34. The second kappa shape index (κ2) is 7.38. The molecule has 5 heteroatoms. The topological polar surface area (TPSA) is 38.7 Å². The van der Waals surface area contributed by atoms with Crippen LogP contribution in [-0.4, -0.2) is 23.9 Å². The van der Waals surface area contributed by atoms with E-state index in [2.05, 4.69) is 19.9 Å². The molecule has 0 radical (unpaired) electrons. The Hall–Kier alpha value is -1.52. The number of halogens is 2. The summed E-state index contributed by atoms with van der Waals surface area (Å²) in [6.45, 7) is 11.3. The van der Waals surface area contributed by atoms with E-state index < -0.39 is 18.0 Å². The molecule has 1 heterocycles. The molecule has 0 fully saturated rings. The maximum absolute atomic E-state index is 14.1. The zero-order valence-electron chi connectivity index (χ0n) is 15.7. The average molecular weight is 369 g/mol. The molecule has 2 rings (SSSR count). The number of benzene rings is 1. The molecule has 0 saturated heterocycles. The molecule has 0 amide bonds. The Balaban J connectivity index is 2.82. The molecule has 0 spiro atoms. The largest absolute Gasteiger partial charge is 0.492 e. The lowest BCUT2D eigenvalue weighted by atomic mass is 9.86. The van der Waals surface area contributed by atoms with Crippen LogP contribution in [0.1, 0.15) is 52.7 Å². The van der Waals surface area contributed by atoms with Crippen LogP contribution >= 0.6 is 11.6 Å². The number of ether oxygens (including phenoxy) is 2. The number of aliphatic hydroxyl groups is 1. The number of aliphatic hydroxyl groups excluding tert-OH is 1. The molecule has 0 atom stereocenters. The summed E-state index contributed by atoms with van der Waals surface area (Å²) in [7, 11) is 0. The monoisotopic (exact) mass is 368 g/mol. The summed E-state index contributed by atoms with van der Waals surface area (Å²) in [4.78, 5) is 0. The molecule has 1 aliphatic rings. The first-order chi connectivity index (χ1) is 11.6. The van der Waals surface area contributed by atoms with Gasteiger partial charge in [0.1, 0.15) is 22.2 Å². The lowest BCUT2D eigenvalue weighted by Crippen LogP contribution is -2.30. The molecule has 1 aliphatic heterocycles. The number of hydrogen-bond donors (Lipinski definition) is 1. The molecular weight excluding hydrogens is 343 g/mol. The molecule has 138 valence electrons. The molecule has 0 aromatic heterocycles. The molecule has 25 heavy (non-hydrogen) atoms. The summed E-state index contributed by atoms with van der Waals surface area (Å²) < 4.78 is 25.9. The van der Waals surface area contributed by atoms with E-state index in [1.54, 1.807) is 6.92 Å². The zero-order chi connectivity index (χ0) is 18.9. The van der Waals surface area contributed by atoms with Crippen molar-refractivity contribution in [1.82, 2.24) is 0 Å². The summed E-state index contributed by atoms with van der Waals surface area (Å²) in [5, 5.41) is 9.49. The van der Waals surface area contributed by atoms with E-state index in [1.807, 2.05) is 26.8 Å². The molecular formula is C20H26ClFO3. The van der Waals surface area contributed by atoms with Gasteiger partial charge in [-0.25, -0.2) is 4.39 Å². The summed E-state index contributed by atoms with van der Waals surface area (Å²) >= 11 is 6.62. The lowest BCUT2D eigenvalue weighted by Gasteiger charge is -2.34. The minimum absolute atomic E-state index is 0.246. The number of hydrogen-bond acceptors (Lipinski definition) is 3. The second-order valence-corrected chi connectivity index (χ2v) is 7.40. The van der Waals surface area contributed by atoms with Crippen LogP contribution in [0.15, 0.2) is 18.0 Å². The Labute approximate surface area is 154 Å². The molecule has 0 aliphatic carbocycles. The molecule has 1 aromatic carbocycles. The number of rotatable bonds is 5. The third kappa shape index (κ3) is 3.85. The maximum Gasteiger partial charge on any atom is 0.150 e. The van der Waals surface area contributed by atoms with Crippen molar-refractivity contribution in [3.8, 4) is 11.5 Å². The van der Waals surface area contributed by atoms with E-state index in [9.17, 15) is 4.39 Å². The quantitative estimate of drug-likeness (QED) is 0.730. The van der Waals surface area contributed by atoms with Crippen LogP contribution in [0.3, 0.4) is 0 Å². The van der Waals surface area contributed by atoms with E-state index in [-0.39, 0.29) is 5.92 Å². The minimum Gasteiger partial charge on any atom is -0.492 e. The van der Waals surface area contributed by atoms with Gasteiger partial charge in [0.2, 0.25) is 0 Å². The first-order valence-corrected chi connectivity index (χ1v) is 8.88. The van der Waals surface area contributed by atoms with Gasteiger partial charge in [0.05, 0.1) is 13.2 Å². The SMILES string of the molecule is CCOc1c(C(C)=C(F)CO)cc2c(c1Cl)OC(C)(C)C=C2C(C)C. The van der Waals surface area contributed by atoms with Crippen molar-refractivity contribution in [3.63, 3.8) is 0 Å². The average Bonchev–Trinajstić information content (AvgIpc) is 2.55. The Kier molecular flexibility index (Phi) is 5.85. The highest BCUT2D eigenvalue weighted by atomic mass is 35.5. The van der Waals surface area contributed by atoms with Gasteiger partial charge in [-0.05, 0) is 56.9 Å². The van der Waals surface area contributed by atoms with Crippen molar-refractivity contribution in [2.45, 2.75) is 47.1 Å². The molecule has 1 N–H and O–H groups in total. The van der Waals surface area contributed by atoms with Gasteiger partial charge in [0, 0.05) is 11.1 Å². The maximum atomic E-state index is 14.1. The van der Waals surface area contributed by atoms with Crippen LogP contribution in [0.4, 0.5) is 4.39 Å². The Morgan fingerprint density at radius 2 is 2.04 bits per heavy atom. The van der Waals surface area contributed by atoms with Crippen molar-refractivity contribution in [2.75, 3.05) is 13.2 Å². The second-order valence-electron chi connectivity index (χ2n) is 7.02. The fraction of sp³-hybridized carbons (Fsp3) is 0.500. The predicted octanol–water partition coefficient (Wildman–Crippen LogP) is 5.64. The summed E-state index contributed by atoms with van der Waals surface area (Å²) in [6.07, 6.45) is 2.07. The first kappa shape index (κ1) is 19.8. The number of allylic oxidation sites excluding steroid dienone is 2. The van der Waals surface area contributed by atoms with Gasteiger partial charge in [0.25, 0.3) is 0 Å². The molecule has 1 aromatic rings. The minimum atomic E-state index is -0.664. The van der Waals surface area contributed by atoms with Gasteiger partial charge in [-0.2, -0.15) is 0 Å². The van der Waals surface area contributed by atoms with Crippen molar-refractivity contribution >= 4 is 22.7 Å². The van der Waals surface area contributed by atoms with E-state index in [1.165, 1.54) is 0 Å². The van der Waals surface area contributed by atoms with Crippen molar-refractivity contribution in [2.24, 2.45) is 5.92 Å². The van der Waals surface area contributed by atoms with Gasteiger partial charge in [-0.15, -0.1) is 0 Å². The summed E-state index contributed by atoms with van der Waals surface area (Å²) in [6, 6.07) is 1.85. The summed E-state index contributed by atoms with van der Waals surface area (Å²) in [5.74, 6) is 0.576. The highest BCUT2D eigenvalue weighted by Crippen LogP contribution is 2.50.